The molecule has 3 atom stereocenters. The van der Waals surface area contributed by atoms with Crippen molar-refractivity contribution < 1.29 is 0 Å². The second-order valence-corrected chi connectivity index (χ2v) is 11.9. The van der Waals surface area contributed by atoms with E-state index in [1.54, 1.807) is 0 Å². The van der Waals surface area contributed by atoms with Crippen molar-refractivity contribution in [2.24, 2.45) is 22.7 Å². The average Bonchev–Trinajstić information content (AvgIpc) is 3.08. The molecule has 1 aliphatic carbocycles. The van der Waals surface area contributed by atoms with Gasteiger partial charge in [0.1, 0.15) is 0 Å². The summed E-state index contributed by atoms with van der Waals surface area (Å²) in [7, 11) is 0. The monoisotopic (exact) mass is 461 g/mol. The van der Waals surface area contributed by atoms with Crippen LogP contribution in [0, 0.1) is 22.7 Å². The molecular formula is C33H51N. The highest BCUT2D eigenvalue weighted by Gasteiger charge is 2.56. The second-order valence-electron chi connectivity index (χ2n) is 11.9. The predicted octanol–water partition coefficient (Wildman–Crippen LogP) is 8.93. The molecule has 2 fully saturated rings. The maximum Gasteiger partial charge on any atom is 0.0240 e. The zero-order valence-electron chi connectivity index (χ0n) is 23.2. The van der Waals surface area contributed by atoms with Gasteiger partial charge >= 0.3 is 0 Å². The highest BCUT2D eigenvalue weighted by molar-refractivity contribution is 5.33. The van der Waals surface area contributed by atoms with Gasteiger partial charge in [-0.05, 0) is 90.4 Å². The van der Waals surface area contributed by atoms with E-state index in [2.05, 4.69) is 84.4 Å². The van der Waals surface area contributed by atoms with E-state index < -0.39 is 0 Å². The number of aryl methyl sites for hydroxylation is 3. The summed E-state index contributed by atoms with van der Waals surface area (Å²) in [4.78, 5) is 2.62. The Hall–Kier alpha value is -1.76. The lowest BCUT2D eigenvalue weighted by atomic mass is 9.53. The summed E-state index contributed by atoms with van der Waals surface area (Å²) in [6.45, 7) is 29.8. The van der Waals surface area contributed by atoms with Crippen molar-refractivity contribution in [3.63, 3.8) is 0 Å². The van der Waals surface area contributed by atoms with Crippen LogP contribution in [-0.4, -0.2) is 18.0 Å². The van der Waals surface area contributed by atoms with Crippen LogP contribution in [0.3, 0.4) is 0 Å². The first-order valence-corrected chi connectivity index (χ1v) is 14.0. The van der Waals surface area contributed by atoms with Crippen LogP contribution in [0.25, 0.3) is 0 Å². The molecule has 34 heavy (non-hydrogen) atoms. The van der Waals surface area contributed by atoms with Gasteiger partial charge in [0.05, 0.1) is 0 Å². The smallest absolute Gasteiger partial charge is 0.0240 e. The first-order chi connectivity index (χ1) is 16.1. The second kappa shape index (κ2) is 10.9. The Morgan fingerprint density at radius 2 is 1.82 bits per heavy atom. The van der Waals surface area contributed by atoms with Crippen molar-refractivity contribution in [3.05, 3.63) is 71.5 Å². The van der Waals surface area contributed by atoms with Crippen molar-refractivity contribution in [2.45, 2.75) is 99.3 Å². The molecule has 0 radical (unpaired) electrons. The molecule has 0 amide bonds. The number of allylic oxidation sites excluding steroid dienone is 3. The standard InChI is InChI=1S/C33H51N/c1-10-18-32(8,9)25(5)24(4)21-31-17-19-33(31)23-34(27(7)26(33)6)20-13-14-28-15-16-29(11-2)30(12-3)22-28/h15-16,22,26,31H,4-5,7,10-14,17-21,23H2,1-3,6,8-9H3. The van der Waals surface area contributed by atoms with Gasteiger partial charge in [-0.25, -0.2) is 0 Å². The van der Waals surface area contributed by atoms with Crippen molar-refractivity contribution in [2.75, 3.05) is 13.1 Å². The van der Waals surface area contributed by atoms with Crippen LogP contribution in [0.2, 0.25) is 0 Å². The van der Waals surface area contributed by atoms with Crippen LogP contribution in [-0.2, 0) is 19.3 Å². The summed E-state index contributed by atoms with van der Waals surface area (Å²) in [6, 6.07) is 7.14. The molecule has 2 aliphatic rings. The Kier molecular flexibility index (Phi) is 8.59. The molecule has 3 unspecified atom stereocenters. The van der Waals surface area contributed by atoms with Gasteiger partial charge in [-0.15, -0.1) is 0 Å². The van der Waals surface area contributed by atoms with Gasteiger partial charge in [-0.3, -0.25) is 0 Å². The van der Waals surface area contributed by atoms with E-state index in [1.165, 1.54) is 72.2 Å². The summed E-state index contributed by atoms with van der Waals surface area (Å²) < 4.78 is 0. The van der Waals surface area contributed by atoms with E-state index in [9.17, 15) is 0 Å². The van der Waals surface area contributed by atoms with E-state index in [-0.39, 0.29) is 5.41 Å². The summed E-state index contributed by atoms with van der Waals surface area (Å²) in [5, 5.41) is 0. The zero-order valence-corrected chi connectivity index (χ0v) is 23.2. The predicted molar refractivity (Wildman–Crippen MR) is 150 cm³/mol. The van der Waals surface area contributed by atoms with E-state index >= 15 is 0 Å². The quantitative estimate of drug-likeness (QED) is 0.281. The molecule has 1 aliphatic heterocycles. The van der Waals surface area contributed by atoms with Crippen molar-refractivity contribution in [1.29, 1.82) is 0 Å². The highest BCUT2D eigenvalue weighted by Crippen LogP contribution is 2.60. The molecule has 0 bridgehead atoms. The highest BCUT2D eigenvalue weighted by atomic mass is 15.2. The third kappa shape index (κ3) is 5.24. The minimum atomic E-state index is 0.159. The summed E-state index contributed by atoms with van der Waals surface area (Å²) >= 11 is 0. The average molecular weight is 462 g/mol. The minimum absolute atomic E-state index is 0.159. The van der Waals surface area contributed by atoms with Gasteiger partial charge in [0.2, 0.25) is 0 Å². The lowest BCUT2D eigenvalue weighted by Crippen LogP contribution is -2.46. The number of likely N-dealkylation sites (tertiary alicyclic amines) is 1. The third-order valence-electron chi connectivity index (χ3n) is 9.56. The molecule has 1 heterocycles. The molecule has 1 saturated carbocycles. The molecule has 1 aromatic carbocycles. The van der Waals surface area contributed by atoms with Crippen LogP contribution in [0.1, 0.15) is 96.8 Å². The van der Waals surface area contributed by atoms with E-state index in [1.807, 2.05) is 0 Å². The lowest BCUT2D eigenvalue weighted by molar-refractivity contribution is 0.00721. The summed E-state index contributed by atoms with van der Waals surface area (Å²) in [5.41, 5.74) is 9.02. The van der Waals surface area contributed by atoms with E-state index in [0.717, 1.165) is 38.1 Å². The van der Waals surface area contributed by atoms with Gasteiger partial charge in [-0.1, -0.05) is 91.5 Å². The number of hydrogen-bond acceptors (Lipinski definition) is 1. The molecule has 0 aromatic heterocycles. The molecule has 0 N–H and O–H groups in total. The molecule has 1 heteroatoms. The minimum Gasteiger partial charge on any atom is -0.374 e. The van der Waals surface area contributed by atoms with Gasteiger partial charge in [0.25, 0.3) is 0 Å². The Morgan fingerprint density at radius 3 is 2.41 bits per heavy atom. The largest absolute Gasteiger partial charge is 0.374 e. The summed E-state index contributed by atoms with van der Waals surface area (Å²) in [6.07, 6.45) is 10.8. The topological polar surface area (TPSA) is 3.24 Å². The van der Waals surface area contributed by atoms with Crippen LogP contribution < -0.4 is 0 Å². The molecule has 3 rings (SSSR count). The summed E-state index contributed by atoms with van der Waals surface area (Å²) in [5.74, 6) is 1.30. The first-order valence-electron chi connectivity index (χ1n) is 14.0. The number of nitrogens with zero attached hydrogens (tertiary/aromatic N) is 1. The van der Waals surface area contributed by atoms with Crippen LogP contribution >= 0.6 is 0 Å². The molecule has 1 spiro atoms. The van der Waals surface area contributed by atoms with Crippen LogP contribution in [0.5, 0.6) is 0 Å². The maximum absolute atomic E-state index is 4.57. The van der Waals surface area contributed by atoms with Crippen LogP contribution in [0.15, 0.2) is 54.8 Å². The fourth-order valence-electron chi connectivity index (χ4n) is 6.88. The number of rotatable bonds is 12. The van der Waals surface area contributed by atoms with Crippen molar-refractivity contribution in [1.82, 2.24) is 4.90 Å². The van der Waals surface area contributed by atoms with E-state index in [4.69, 9.17) is 0 Å². The molecule has 1 aromatic rings. The third-order valence-corrected chi connectivity index (χ3v) is 9.56. The van der Waals surface area contributed by atoms with Gasteiger partial charge < -0.3 is 4.90 Å². The lowest BCUT2D eigenvalue weighted by Gasteiger charge is -2.50. The molecular weight excluding hydrogens is 410 g/mol. The number of hydrogen-bond donors (Lipinski definition) is 0. The van der Waals surface area contributed by atoms with Gasteiger partial charge in [0.15, 0.2) is 0 Å². The molecule has 1 nitrogen and oxygen atoms in total. The Bertz CT molecular complexity index is 903. The van der Waals surface area contributed by atoms with Crippen LogP contribution in [0.4, 0.5) is 0 Å². The molecule has 1 saturated heterocycles. The molecule has 188 valence electrons. The van der Waals surface area contributed by atoms with Crippen molar-refractivity contribution in [3.8, 4) is 0 Å². The SMILES string of the molecule is C=C(CC1CCC12CN(CCCc1ccc(CC)c(CC)c1)C(=C)C2C)C(=C)C(C)(C)CCC. The number of benzene rings is 1. The Balaban J connectivity index is 1.58. The normalized spacial score (nSPS) is 24.5. The fraction of sp³-hybridized carbons (Fsp3) is 0.636. The Labute approximate surface area is 211 Å². The van der Waals surface area contributed by atoms with Crippen molar-refractivity contribution >= 4 is 0 Å². The fourth-order valence-corrected chi connectivity index (χ4v) is 6.88. The zero-order chi connectivity index (χ0) is 25.1. The van der Waals surface area contributed by atoms with Gasteiger partial charge in [0, 0.05) is 24.7 Å². The maximum atomic E-state index is 4.57. The van der Waals surface area contributed by atoms with E-state index in [0.29, 0.717) is 11.3 Å². The Morgan fingerprint density at radius 1 is 1.12 bits per heavy atom. The van der Waals surface area contributed by atoms with Gasteiger partial charge in [-0.2, -0.15) is 0 Å². The first kappa shape index (κ1) is 26.8.